The molecule has 0 aromatic rings. The highest BCUT2D eigenvalue weighted by Gasteiger charge is 2.60. The Hall–Kier alpha value is 0.860. The van der Waals surface area contributed by atoms with Gasteiger partial charge < -0.3 is 0 Å². The quantitative estimate of drug-likeness (QED) is 0.336. The second-order valence-electron chi connectivity index (χ2n) is 13.1. The maximum Gasteiger partial charge on any atom is -0.00238 e. The zero-order valence-electron chi connectivity index (χ0n) is 21.3. The first-order valence-corrected chi connectivity index (χ1v) is 18.5. The van der Waals surface area contributed by atoms with Crippen LogP contribution < -0.4 is 0 Å². The van der Waals surface area contributed by atoms with Gasteiger partial charge in [0.05, 0.1) is 0 Å². The van der Waals surface area contributed by atoms with Gasteiger partial charge in [0, 0.05) is 0 Å². The van der Waals surface area contributed by atoms with Crippen molar-refractivity contribution < 1.29 is 0 Å². The molecule has 2 heterocycles. The Morgan fingerprint density at radius 3 is 1.03 bits per heavy atom. The zero-order chi connectivity index (χ0) is 21.6. The summed E-state index contributed by atoms with van der Waals surface area (Å²) >= 11 is 0. The van der Waals surface area contributed by atoms with Crippen LogP contribution in [0.3, 0.4) is 0 Å². The predicted octanol–water partition coefficient (Wildman–Crippen LogP) is 10.1. The van der Waals surface area contributed by atoms with Crippen LogP contribution in [-0.2, 0) is 0 Å². The third-order valence-electron chi connectivity index (χ3n) is 12.2. The summed E-state index contributed by atoms with van der Waals surface area (Å²) in [6.45, 7) is 2.91. The Labute approximate surface area is 202 Å². The van der Waals surface area contributed by atoms with Crippen molar-refractivity contribution in [1.29, 1.82) is 0 Å². The van der Waals surface area contributed by atoms with Crippen molar-refractivity contribution in [2.75, 3.05) is 12.3 Å². The van der Waals surface area contributed by atoms with Crippen molar-refractivity contribution in [1.82, 2.24) is 0 Å². The molecule has 0 aromatic heterocycles. The van der Waals surface area contributed by atoms with Crippen molar-refractivity contribution in [2.45, 2.75) is 151 Å². The van der Waals surface area contributed by atoms with Crippen molar-refractivity contribution >= 4 is 15.8 Å². The minimum absolute atomic E-state index is 0.254. The van der Waals surface area contributed by atoms with Gasteiger partial charge in [0.2, 0.25) is 0 Å². The van der Waals surface area contributed by atoms with Crippen LogP contribution in [0.2, 0.25) is 0 Å². The van der Waals surface area contributed by atoms with E-state index in [2.05, 4.69) is 6.92 Å². The van der Waals surface area contributed by atoms with Gasteiger partial charge >= 0.3 is 0 Å². The molecule has 2 aliphatic heterocycles. The van der Waals surface area contributed by atoms with Gasteiger partial charge in [-0.3, -0.25) is 0 Å². The van der Waals surface area contributed by atoms with Crippen LogP contribution in [0.25, 0.3) is 0 Å². The SMILES string of the molecule is CC(P1CCCC1(C1CCCC1)C1CCCC1)P1CCCC1(C1CCCC1)C1CCCC1. The van der Waals surface area contributed by atoms with E-state index in [-0.39, 0.29) is 15.8 Å². The number of hydrogen-bond acceptors (Lipinski definition) is 0. The van der Waals surface area contributed by atoms with Crippen molar-refractivity contribution in [3.05, 3.63) is 0 Å². The van der Waals surface area contributed by atoms with Crippen LogP contribution >= 0.6 is 15.8 Å². The molecule has 0 nitrogen and oxygen atoms in total. The molecule has 6 fully saturated rings. The van der Waals surface area contributed by atoms with Gasteiger partial charge in [-0.1, -0.05) is 74.1 Å². The Bertz CT molecular complexity index is 533. The van der Waals surface area contributed by atoms with Crippen molar-refractivity contribution in [3.63, 3.8) is 0 Å². The first kappa shape index (κ1) is 23.3. The van der Waals surface area contributed by atoms with E-state index in [0.29, 0.717) is 0 Å². The highest BCUT2D eigenvalue weighted by Crippen LogP contribution is 2.81. The highest BCUT2D eigenvalue weighted by molar-refractivity contribution is 7.77. The lowest BCUT2D eigenvalue weighted by Gasteiger charge is -2.54. The molecule has 0 bridgehead atoms. The fourth-order valence-electron chi connectivity index (χ4n) is 11.1. The minimum atomic E-state index is 0.254. The van der Waals surface area contributed by atoms with E-state index in [4.69, 9.17) is 0 Å². The van der Waals surface area contributed by atoms with E-state index in [0.717, 1.165) is 39.4 Å². The first-order valence-electron chi connectivity index (χ1n) is 15.3. The fraction of sp³-hybridized carbons (Fsp3) is 1.00. The molecule has 4 aliphatic carbocycles. The molecule has 0 spiro atoms. The van der Waals surface area contributed by atoms with Crippen LogP contribution in [-0.4, -0.2) is 28.0 Å². The maximum absolute atomic E-state index is 2.91. The molecule has 2 unspecified atom stereocenters. The van der Waals surface area contributed by atoms with Crippen LogP contribution in [0.4, 0.5) is 0 Å². The normalized spacial score (nSPS) is 37.8. The Kier molecular flexibility index (Phi) is 7.07. The van der Waals surface area contributed by atoms with E-state index < -0.39 is 0 Å². The lowest BCUT2D eigenvalue weighted by molar-refractivity contribution is 0.256. The predicted molar refractivity (Wildman–Crippen MR) is 145 cm³/mol. The molecule has 0 amide bonds. The molecule has 2 atom stereocenters. The van der Waals surface area contributed by atoms with Gasteiger partial charge in [0.15, 0.2) is 0 Å². The van der Waals surface area contributed by atoms with Crippen LogP contribution in [0.1, 0.15) is 135 Å². The monoisotopic (exact) mass is 474 g/mol. The summed E-state index contributed by atoms with van der Waals surface area (Å²) in [5.74, 6) is 4.58. The van der Waals surface area contributed by atoms with E-state index in [1.165, 1.54) is 0 Å². The molecule has 2 heteroatoms. The molecular formula is C30H52P2. The summed E-state index contributed by atoms with van der Waals surface area (Å²) in [6, 6.07) is 0. The molecule has 6 rings (SSSR count). The molecule has 2 saturated heterocycles. The largest absolute Gasteiger partial charge is 0.0924 e. The second-order valence-corrected chi connectivity index (χ2v) is 19.5. The summed E-state index contributed by atoms with van der Waals surface area (Å²) in [5, 5.41) is 2.85. The first-order chi connectivity index (χ1) is 15.8. The van der Waals surface area contributed by atoms with Crippen molar-refractivity contribution in [3.8, 4) is 0 Å². The van der Waals surface area contributed by atoms with Crippen LogP contribution in [0, 0.1) is 23.7 Å². The number of rotatable bonds is 6. The second kappa shape index (κ2) is 9.72. The van der Waals surface area contributed by atoms with Crippen LogP contribution in [0.15, 0.2) is 0 Å². The molecule has 32 heavy (non-hydrogen) atoms. The third-order valence-corrected chi connectivity index (χ3v) is 21.3. The zero-order valence-corrected chi connectivity index (χ0v) is 23.1. The lowest BCUT2D eigenvalue weighted by atomic mass is 9.76. The van der Waals surface area contributed by atoms with Crippen LogP contribution in [0.5, 0.6) is 0 Å². The van der Waals surface area contributed by atoms with Crippen molar-refractivity contribution in [2.24, 2.45) is 23.7 Å². The summed E-state index contributed by atoms with van der Waals surface area (Å²) in [7, 11) is 0.509. The lowest BCUT2D eigenvalue weighted by Crippen LogP contribution is -2.44. The Morgan fingerprint density at radius 1 is 0.469 bits per heavy atom. The Morgan fingerprint density at radius 2 is 0.750 bits per heavy atom. The summed E-state index contributed by atoms with van der Waals surface area (Å²) in [6.07, 6.45) is 35.5. The molecule has 0 radical (unpaired) electrons. The van der Waals surface area contributed by atoms with E-state index in [9.17, 15) is 0 Å². The minimum Gasteiger partial charge on any atom is -0.0924 e. The molecule has 6 aliphatic rings. The molecule has 0 aromatic carbocycles. The van der Waals surface area contributed by atoms with Gasteiger partial charge in [0.25, 0.3) is 0 Å². The van der Waals surface area contributed by atoms with E-state index in [1.54, 1.807) is 141 Å². The average molecular weight is 475 g/mol. The molecule has 0 N–H and O–H groups in total. The third kappa shape index (κ3) is 3.65. The average Bonchev–Trinajstić information content (AvgIpc) is 3.67. The topological polar surface area (TPSA) is 0 Å². The summed E-state index contributed by atoms with van der Waals surface area (Å²) in [5.41, 5.74) is 0. The number of hydrogen-bond donors (Lipinski definition) is 0. The molecule has 182 valence electrons. The standard InChI is InChI=1S/C30H52P2/c1-24(31-22-10-20-29(31,25-12-2-3-13-25)26-14-4-5-15-26)32-23-11-21-30(32,27-16-6-7-17-27)28-18-8-9-19-28/h24-28H,2-23H2,1H3. The smallest absolute Gasteiger partial charge is 0.00238 e. The molecule has 4 saturated carbocycles. The van der Waals surface area contributed by atoms with Gasteiger partial charge in [-0.25, -0.2) is 0 Å². The van der Waals surface area contributed by atoms with Gasteiger partial charge in [-0.05, 0) is 129 Å². The van der Waals surface area contributed by atoms with Gasteiger partial charge in [0.1, 0.15) is 0 Å². The van der Waals surface area contributed by atoms with E-state index in [1.807, 2.05) is 0 Å². The molecular weight excluding hydrogens is 422 g/mol. The Balaban J connectivity index is 1.34. The van der Waals surface area contributed by atoms with E-state index >= 15 is 0 Å². The maximum atomic E-state index is 2.91. The fourth-order valence-corrected chi connectivity index (χ4v) is 22.2. The van der Waals surface area contributed by atoms with Gasteiger partial charge in [-0.2, -0.15) is 0 Å². The van der Waals surface area contributed by atoms with Gasteiger partial charge in [-0.15, -0.1) is 0 Å². The summed E-state index contributed by atoms with van der Waals surface area (Å²) < 4.78 is 0. The summed E-state index contributed by atoms with van der Waals surface area (Å²) in [4.78, 5) is 0. The highest BCUT2D eigenvalue weighted by atomic mass is 31.2.